The smallest absolute Gasteiger partial charge is 0.223 e. The number of hydrogen-bond donors (Lipinski definition) is 1. The second-order valence-corrected chi connectivity index (χ2v) is 5.72. The molecular formula is C11H13FN4S2. The molecule has 0 aliphatic heterocycles. The van der Waals surface area contributed by atoms with Gasteiger partial charge < -0.3 is 5.32 Å². The summed E-state index contributed by atoms with van der Waals surface area (Å²) in [5.74, 6) is 0.0314. The first kappa shape index (κ1) is 13.2. The Morgan fingerprint density at radius 3 is 2.94 bits per heavy atom. The zero-order chi connectivity index (χ0) is 13.0. The van der Waals surface area contributed by atoms with Crippen molar-refractivity contribution in [3.63, 3.8) is 0 Å². The number of halogens is 1. The third kappa shape index (κ3) is 3.39. The van der Waals surface area contributed by atoms with Crippen LogP contribution in [0.15, 0.2) is 20.9 Å². The minimum atomic E-state index is -0.421. The Balaban J connectivity index is 2.15. The summed E-state index contributed by atoms with van der Waals surface area (Å²) in [5, 5.41) is 5.27. The van der Waals surface area contributed by atoms with Gasteiger partial charge in [0.25, 0.3) is 0 Å². The Hall–Kier alpha value is -1.21. The fourth-order valence-corrected chi connectivity index (χ4v) is 2.94. The van der Waals surface area contributed by atoms with E-state index in [4.69, 9.17) is 0 Å². The average molecular weight is 284 g/mol. The Labute approximate surface area is 113 Å². The van der Waals surface area contributed by atoms with E-state index in [9.17, 15) is 4.39 Å². The van der Waals surface area contributed by atoms with Gasteiger partial charge in [0.2, 0.25) is 5.95 Å². The summed E-state index contributed by atoms with van der Waals surface area (Å²) in [6.07, 6.45) is 2.16. The number of rotatable bonds is 5. The van der Waals surface area contributed by atoms with E-state index in [2.05, 4.69) is 20.3 Å². The van der Waals surface area contributed by atoms with Crippen molar-refractivity contribution in [3.05, 3.63) is 23.1 Å². The van der Waals surface area contributed by atoms with Gasteiger partial charge in [-0.2, -0.15) is 0 Å². The van der Waals surface area contributed by atoms with E-state index in [1.54, 1.807) is 0 Å². The number of thiazole rings is 1. The van der Waals surface area contributed by atoms with Gasteiger partial charge in [-0.05, 0) is 25.1 Å². The van der Waals surface area contributed by atoms with Crippen LogP contribution in [0.25, 0.3) is 0 Å². The first-order valence-electron chi connectivity index (χ1n) is 5.55. The highest BCUT2D eigenvalue weighted by Crippen LogP contribution is 2.30. The van der Waals surface area contributed by atoms with Gasteiger partial charge >= 0.3 is 0 Å². The van der Waals surface area contributed by atoms with Gasteiger partial charge in [-0.1, -0.05) is 6.92 Å². The fraction of sp³-hybridized carbons (Fsp3) is 0.364. The van der Waals surface area contributed by atoms with Crippen molar-refractivity contribution < 1.29 is 4.39 Å². The normalized spacial score (nSPS) is 10.6. The monoisotopic (exact) mass is 284 g/mol. The molecule has 0 aromatic carbocycles. The van der Waals surface area contributed by atoms with E-state index in [1.807, 2.05) is 19.2 Å². The summed E-state index contributed by atoms with van der Waals surface area (Å²) in [6.45, 7) is 4.72. The summed E-state index contributed by atoms with van der Waals surface area (Å²) in [6, 6.07) is 0. The predicted octanol–water partition coefficient (Wildman–Crippen LogP) is 3.35. The minimum absolute atomic E-state index is 0.304. The van der Waals surface area contributed by atoms with E-state index in [0.29, 0.717) is 11.0 Å². The van der Waals surface area contributed by atoms with Crippen molar-refractivity contribution in [3.8, 4) is 0 Å². The second-order valence-electron chi connectivity index (χ2n) is 3.63. The molecule has 0 saturated heterocycles. The number of hydrogen-bond acceptors (Lipinski definition) is 6. The standard InChI is InChI=1S/C11H13FN4S2/c1-3-4-13-10-14-5-8(12)9(16-10)18-11-15-7(2)6-17-11/h5-6H,3-4H2,1-2H3,(H,13,14,16). The van der Waals surface area contributed by atoms with Gasteiger partial charge in [-0.25, -0.2) is 19.3 Å². The second kappa shape index (κ2) is 6.10. The van der Waals surface area contributed by atoms with Crippen LogP contribution in [-0.4, -0.2) is 21.5 Å². The molecule has 2 heterocycles. The molecule has 96 valence electrons. The molecule has 0 saturated carbocycles. The molecule has 0 aliphatic rings. The number of anilines is 1. The van der Waals surface area contributed by atoms with Crippen molar-refractivity contribution in [1.82, 2.24) is 15.0 Å². The van der Waals surface area contributed by atoms with Gasteiger partial charge in [-0.15, -0.1) is 11.3 Å². The molecule has 2 aromatic heterocycles. The van der Waals surface area contributed by atoms with Crippen LogP contribution < -0.4 is 5.32 Å². The zero-order valence-corrected chi connectivity index (χ0v) is 11.7. The highest BCUT2D eigenvalue weighted by Gasteiger charge is 2.10. The zero-order valence-electron chi connectivity index (χ0n) is 10.1. The van der Waals surface area contributed by atoms with E-state index < -0.39 is 5.82 Å². The molecule has 4 nitrogen and oxygen atoms in total. The third-order valence-corrected chi connectivity index (χ3v) is 4.06. The van der Waals surface area contributed by atoms with Crippen molar-refractivity contribution in [2.45, 2.75) is 29.6 Å². The van der Waals surface area contributed by atoms with Gasteiger partial charge in [0.05, 0.1) is 6.20 Å². The van der Waals surface area contributed by atoms with E-state index >= 15 is 0 Å². The first-order valence-corrected chi connectivity index (χ1v) is 7.25. The lowest BCUT2D eigenvalue weighted by atomic mass is 10.5. The van der Waals surface area contributed by atoms with Crippen LogP contribution in [0.2, 0.25) is 0 Å². The van der Waals surface area contributed by atoms with Crippen LogP contribution in [0.3, 0.4) is 0 Å². The molecule has 1 N–H and O–H groups in total. The molecule has 2 rings (SSSR count). The van der Waals surface area contributed by atoms with Crippen molar-refractivity contribution in [2.75, 3.05) is 11.9 Å². The van der Waals surface area contributed by atoms with Gasteiger partial charge in [-0.3, -0.25) is 0 Å². The van der Waals surface area contributed by atoms with Gasteiger partial charge in [0.1, 0.15) is 5.03 Å². The number of nitrogens with one attached hydrogen (secondary N) is 1. The molecule has 0 aliphatic carbocycles. The number of aromatic nitrogens is 3. The topological polar surface area (TPSA) is 50.7 Å². The van der Waals surface area contributed by atoms with Crippen molar-refractivity contribution in [1.29, 1.82) is 0 Å². The average Bonchev–Trinajstić information content (AvgIpc) is 2.76. The molecule has 0 radical (unpaired) electrons. The van der Waals surface area contributed by atoms with Crippen LogP contribution in [0, 0.1) is 12.7 Å². The highest BCUT2D eigenvalue weighted by molar-refractivity contribution is 8.01. The summed E-state index contributed by atoms with van der Waals surface area (Å²) >= 11 is 2.71. The SMILES string of the molecule is CCCNc1ncc(F)c(Sc2nc(C)cs2)n1. The Morgan fingerprint density at radius 2 is 2.28 bits per heavy atom. The molecule has 0 amide bonds. The van der Waals surface area contributed by atoms with Crippen LogP contribution in [0.5, 0.6) is 0 Å². The van der Waals surface area contributed by atoms with E-state index in [1.165, 1.54) is 29.3 Å². The molecular weight excluding hydrogens is 271 g/mol. The molecule has 7 heteroatoms. The van der Waals surface area contributed by atoms with Gasteiger partial charge in [0, 0.05) is 17.6 Å². The van der Waals surface area contributed by atoms with E-state index in [-0.39, 0.29) is 0 Å². The molecule has 0 unspecified atom stereocenters. The minimum Gasteiger partial charge on any atom is -0.354 e. The summed E-state index contributed by atoms with van der Waals surface area (Å²) in [5.41, 5.74) is 0.932. The lowest BCUT2D eigenvalue weighted by Gasteiger charge is -2.04. The van der Waals surface area contributed by atoms with Crippen LogP contribution in [-0.2, 0) is 0 Å². The largest absolute Gasteiger partial charge is 0.354 e. The molecule has 18 heavy (non-hydrogen) atoms. The summed E-state index contributed by atoms with van der Waals surface area (Å²) < 4.78 is 14.4. The Morgan fingerprint density at radius 1 is 1.44 bits per heavy atom. The maximum atomic E-state index is 13.6. The number of aryl methyl sites for hydroxylation is 1. The molecule has 0 spiro atoms. The maximum Gasteiger partial charge on any atom is 0.223 e. The van der Waals surface area contributed by atoms with Crippen LogP contribution >= 0.6 is 23.1 Å². The van der Waals surface area contributed by atoms with Crippen LogP contribution in [0.1, 0.15) is 19.0 Å². The van der Waals surface area contributed by atoms with Crippen LogP contribution in [0.4, 0.5) is 10.3 Å². The molecule has 0 bridgehead atoms. The lowest BCUT2D eigenvalue weighted by Crippen LogP contribution is -2.05. The summed E-state index contributed by atoms with van der Waals surface area (Å²) in [7, 11) is 0. The molecule has 0 atom stereocenters. The van der Waals surface area contributed by atoms with E-state index in [0.717, 1.165) is 23.0 Å². The fourth-order valence-electron chi connectivity index (χ4n) is 1.21. The highest BCUT2D eigenvalue weighted by atomic mass is 32.2. The quantitative estimate of drug-likeness (QED) is 0.853. The predicted molar refractivity (Wildman–Crippen MR) is 71.7 cm³/mol. The van der Waals surface area contributed by atoms with Gasteiger partial charge in [0.15, 0.2) is 10.2 Å². The Kier molecular flexibility index (Phi) is 4.48. The van der Waals surface area contributed by atoms with Crippen molar-refractivity contribution >= 4 is 29.0 Å². The molecule has 0 fully saturated rings. The summed E-state index contributed by atoms with van der Waals surface area (Å²) in [4.78, 5) is 12.3. The van der Waals surface area contributed by atoms with Crippen molar-refractivity contribution in [2.24, 2.45) is 0 Å². The third-order valence-electron chi connectivity index (χ3n) is 2.03. The first-order chi connectivity index (χ1) is 8.69. The number of nitrogens with zero attached hydrogens (tertiary/aromatic N) is 3. The lowest BCUT2D eigenvalue weighted by molar-refractivity contribution is 0.579. The Bertz CT molecular complexity index is 530. The maximum absolute atomic E-state index is 13.6. The molecule has 2 aromatic rings.